The maximum Gasteiger partial charge on any atom is 0.0275 e. The summed E-state index contributed by atoms with van der Waals surface area (Å²) >= 11 is 0. The first kappa shape index (κ1) is 11.6. The molecule has 0 aromatic rings. The predicted octanol–water partition coefficient (Wildman–Crippen LogP) is 6.06. The van der Waals surface area contributed by atoms with Crippen molar-refractivity contribution in [2.75, 3.05) is 0 Å². The molecule has 5 atom stereocenters. The molecule has 3 rings (SSSR count). The van der Waals surface area contributed by atoms with Gasteiger partial charge in [0, 0.05) is 2.74 Å². The molecule has 3 aliphatic rings. The van der Waals surface area contributed by atoms with E-state index in [2.05, 4.69) is 20.8 Å². The average Bonchev–Trinajstić information content (AvgIpc) is 2.45. The SMILES string of the molecule is [2H]C([2H])(C1CC2CCCCC2C2CCCCC21)C(C)(C)C. The van der Waals surface area contributed by atoms with Gasteiger partial charge in [-0.25, -0.2) is 0 Å². The molecule has 0 N–H and O–H groups in total. The highest BCUT2D eigenvalue weighted by molar-refractivity contribution is 4.96. The van der Waals surface area contributed by atoms with Crippen molar-refractivity contribution in [1.29, 1.82) is 0 Å². The second-order valence-corrected chi connectivity index (χ2v) is 8.56. The summed E-state index contributed by atoms with van der Waals surface area (Å²) in [5, 5.41) is 0. The van der Waals surface area contributed by atoms with Gasteiger partial charge in [-0.3, -0.25) is 0 Å². The van der Waals surface area contributed by atoms with Gasteiger partial charge in [0.2, 0.25) is 0 Å². The monoisotopic (exact) mass is 264 g/mol. The van der Waals surface area contributed by atoms with Gasteiger partial charge in [0.15, 0.2) is 0 Å². The summed E-state index contributed by atoms with van der Waals surface area (Å²) in [4.78, 5) is 0. The highest BCUT2D eigenvalue weighted by atomic mass is 14.5. The highest BCUT2D eigenvalue weighted by Gasteiger charge is 2.46. The van der Waals surface area contributed by atoms with Crippen LogP contribution in [0.25, 0.3) is 0 Å². The van der Waals surface area contributed by atoms with Gasteiger partial charge >= 0.3 is 0 Å². The zero-order valence-corrected chi connectivity index (χ0v) is 13.3. The third-order valence-corrected chi connectivity index (χ3v) is 6.08. The van der Waals surface area contributed by atoms with Crippen molar-refractivity contribution in [2.45, 2.75) is 84.9 Å². The van der Waals surface area contributed by atoms with Gasteiger partial charge in [0.25, 0.3) is 0 Å². The molecule has 0 spiro atoms. The number of hydrogen-bond donors (Lipinski definition) is 0. The summed E-state index contributed by atoms with van der Waals surface area (Å²) in [7, 11) is 0. The molecule has 0 saturated heterocycles. The fraction of sp³-hybridized carbons (Fsp3) is 1.00. The molecular weight excluding hydrogens is 228 g/mol. The summed E-state index contributed by atoms with van der Waals surface area (Å²) in [6.07, 6.45) is 11.2. The quantitative estimate of drug-likeness (QED) is 0.540. The van der Waals surface area contributed by atoms with E-state index in [-0.39, 0.29) is 5.41 Å². The van der Waals surface area contributed by atoms with Gasteiger partial charge in [0.05, 0.1) is 0 Å². The summed E-state index contributed by atoms with van der Waals surface area (Å²) in [5.74, 6) is 3.60. The predicted molar refractivity (Wildman–Crippen MR) is 83.1 cm³/mol. The molecule has 0 bridgehead atoms. The Labute approximate surface area is 123 Å². The molecule has 3 saturated carbocycles. The summed E-state index contributed by atoms with van der Waals surface area (Å²) < 4.78 is 17.7. The molecule has 0 amide bonds. The van der Waals surface area contributed by atoms with E-state index in [0.29, 0.717) is 11.8 Å². The first-order chi connectivity index (χ1) is 9.82. The largest absolute Gasteiger partial charge is 0.0602 e. The highest BCUT2D eigenvalue weighted by Crippen LogP contribution is 2.55. The molecule has 110 valence electrons. The van der Waals surface area contributed by atoms with Gasteiger partial charge in [0.1, 0.15) is 0 Å². The van der Waals surface area contributed by atoms with Crippen LogP contribution in [0.5, 0.6) is 0 Å². The van der Waals surface area contributed by atoms with E-state index in [0.717, 1.165) is 17.8 Å². The summed E-state index contributed by atoms with van der Waals surface area (Å²) in [5.41, 5.74) is -0.235. The van der Waals surface area contributed by atoms with E-state index < -0.39 is 6.37 Å². The molecule has 0 radical (unpaired) electrons. The molecule has 0 aliphatic heterocycles. The van der Waals surface area contributed by atoms with Gasteiger partial charge in [-0.15, -0.1) is 0 Å². The lowest BCUT2D eigenvalue weighted by Gasteiger charge is -2.53. The minimum Gasteiger partial charge on any atom is -0.0602 e. The maximum absolute atomic E-state index is 8.87. The first-order valence-corrected chi connectivity index (χ1v) is 8.82. The Kier molecular flexibility index (Phi) is 3.32. The van der Waals surface area contributed by atoms with Gasteiger partial charge < -0.3 is 0 Å². The van der Waals surface area contributed by atoms with Crippen LogP contribution in [0.1, 0.15) is 87.7 Å². The van der Waals surface area contributed by atoms with Gasteiger partial charge in [-0.1, -0.05) is 52.9 Å². The standard InChI is InChI=1S/C19H34/c1-19(2,3)13-15-12-14-8-4-5-9-16(14)18-11-7-6-10-17(15)18/h14-18H,4-13H2,1-3H3/i13D2. The molecule has 0 aromatic heterocycles. The molecule has 0 heteroatoms. The smallest absolute Gasteiger partial charge is 0.0275 e. The van der Waals surface area contributed by atoms with Crippen LogP contribution in [0.4, 0.5) is 0 Å². The average molecular weight is 264 g/mol. The third-order valence-electron chi connectivity index (χ3n) is 6.08. The number of fused-ring (bicyclic) bond motifs is 3. The summed E-state index contributed by atoms with van der Waals surface area (Å²) in [6, 6.07) is 0. The normalized spacial score (nSPS) is 45.7. The second-order valence-electron chi connectivity index (χ2n) is 8.56. The fourth-order valence-corrected chi connectivity index (χ4v) is 5.54. The molecular formula is C19H34. The van der Waals surface area contributed by atoms with Crippen LogP contribution >= 0.6 is 0 Å². The van der Waals surface area contributed by atoms with Crippen molar-refractivity contribution in [3.8, 4) is 0 Å². The van der Waals surface area contributed by atoms with Crippen LogP contribution in [0, 0.1) is 35.0 Å². The van der Waals surface area contributed by atoms with Crippen molar-refractivity contribution in [3.63, 3.8) is 0 Å². The topological polar surface area (TPSA) is 0 Å². The molecule has 3 fully saturated rings. The first-order valence-electron chi connectivity index (χ1n) is 9.82. The van der Waals surface area contributed by atoms with E-state index in [1.807, 2.05) is 0 Å². The Balaban J connectivity index is 1.89. The lowest BCUT2D eigenvalue weighted by Crippen LogP contribution is -2.44. The van der Waals surface area contributed by atoms with Gasteiger partial charge in [-0.2, -0.15) is 0 Å². The number of rotatable bonds is 1. The second kappa shape index (κ2) is 5.41. The zero-order valence-electron chi connectivity index (χ0n) is 15.3. The fourth-order valence-electron chi connectivity index (χ4n) is 5.54. The van der Waals surface area contributed by atoms with Crippen LogP contribution in [0.2, 0.25) is 0 Å². The van der Waals surface area contributed by atoms with E-state index in [1.54, 1.807) is 0 Å². The lowest BCUT2D eigenvalue weighted by atomic mass is 9.53. The van der Waals surface area contributed by atoms with Crippen LogP contribution in [-0.4, -0.2) is 0 Å². The Morgan fingerprint density at radius 1 is 0.842 bits per heavy atom. The van der Waals surface area contributed by atoms with Crippen LogP contribution in [-0.2, 0) is 0 Å². The molecule has 3 aliphatic carbocycles. The maximum atomic E-state index is 8.87. The van der Waals surface area contributed by atoms with Crippen molar-refractivity contribution < 1.29 is 2.74 Å². The molecule has 0 nitrogen and oxygen atoms in total. The minimum absolute atomic E-state index is 0.235. The molecule has 0 heterocycles. The third kappa shape index (κ3) is 3.03. The van der Waals surface area contributed by atoms with E-state index in [1.165, 1.54) is 57.8 Å². The lowest BCUT2D eigenvalue weighted by molar-refractivity contribution is -0.0272. The Morgan fingerprint density at radius 3 is 2.11 bits per heavy atom. The van der Waals surface area contributed by atoms with Crippen molar-refractivity contribution in [1.82, 2.24) is 0 Å². The van der Waals surface area contributed by atoms with E-state index >= 15 is 0 Å². The van der Waals surface area contributed by atoms with Gasteiger partial charge in [-0.05, 0) is 67.1 Å². The van der Waals surface area contributed by atoms with E-state index in [4.69, 9.17) is 2.74 Å². The Bertz CT molecular complexity index is 368. The Hall–Kier alpha value is 0. The zero-order chi connectivity index (χ0) is 15.3. The van der Waals surface area contributed by atoms with Crippen LogP contribution in [0.15, 0.2) is 0 Å². The van der Waals surface area contributed by atoms with E-state index in [9.17, 15) is 0 Å². The Morgan fingerprint density at radius 2 is 1.42 bits per heavy atom. The summed E-state index contributed by atoms with van der Waals surface area (Å²) in [6.45, 7) is 6.33. The molecule has 19 heavy (non-hydrogen) atoms. The van der Waals surface area contributed by atoms with Crippen molar-refractivity contribution >= 4 is 0 Å². The number of hydrogen-bond acceptors (Lipinski definition) is 0. The van der Waals surface area contributed by atoms with Crippen molar-refractivity contribution in [3.05, 3.63) is 0 Å². The van der Waals surface area contributed by atoms with Crippen molar-refractivity contribution in [2.24, 2.45) is 35.0 Å². The van der Waals surface area contributed by atoms with Crippen LogP contribution in [0.3, 0.4) is 0 Å². The molecule has 0 aromatic carbocycles. The van der Waals surface area contributed by atoms with Crippen LogP contribution < -0.4 is 0 Å². The minimum atomic E-state index is -1.02. The molecule has 5 unspecified atom stereocenters.